The smallest absolute Gasteiger partial charge is 0.0589 e. The van der Waals surface area contributed by atoms with E-state index in [1.54, 1.807) is 7.11 Å². The predicted octanol–water partition coefficient (Wildman–Crippen LogP) is 3.07. The van der Waals surface area contributed by atoms with Crippen molar-refractivity contribution in [3.63, 3.8) is 0 Å². The van der Waals surface area contributed by atoms with Crippen LogP contribution in [-0.4, -0.2) is 50.0 Å². The molecule has 1 N–H and O–H groups in total. The predicted molar refractivity (Wildman–Crippen MR) is 78.0 cm³/mol. The van der Waals surface area contributed by atoms with E-state index in [-0.39, 0.29) is 6.61 Å². The number of ether oxygens (including phenoxy) is 1. The van der Waals surface area contributed by atoms with Crippen molar-refractivity contribution in [2.75, 3.05) is 40.0 Å². The number of hydrogen-bond acceptors (Lipinski definition) is 3. The van der Waals surface area contributed by atoms with Crippen LogP contribution in [0.15, 0.2) is 0 Å². The van der Waals surface area contributed by atoms with Crippen LogP contribution in [0.1, 0.15) is 58.3 Å². The second-order valence-electron chi connectivity index (χ2n) is 5.03. The molecular formula is C15H33NO2. The summed E-state index contributed by atoms with van der Waals surface area (Å²) in [6.45, 7) is 6.08. The molecule has 18 heavy (non-hydrogen) atoms. The fourth-order valence-corrected chi connectivity index (χ4v) is 2.17. The van der Waals surface area contributed by atoms with E-state index >= 15 is 0 Å². The van der Waals surface area contributed by atoms with Gasteiger partial charge >= 0.3 is 0 Å². The quantitative estimate of drug-likeness (QED) is 0.487. The third-order valence-electron chi connectivity index (χ3n) is 3.36. The highest BCUT2D eigenvalue weighted by molar-refractivity contribution is 4.57. The lowest BCUT2D eigenvalue weighted by Crippen LogP contribution is -2.31. The molecule has 0 saturated heterocycles. The highest BCUT2D eigenvalue weighted by Crippen LogP contribution is 2.08. The fourth-order valence-electron chi connectivity index (χ4n) is 2.17. The molecule has 0 saturated carbocycles. The molecule has 0 unspecified atom stereocenters. The van der Waals surface area contributed by atoms with Gasteiger partial charge in [-0.25, -0.2) is 0 Å². The van der Waals surface area contributed by atoms with Crippen molar-refractivity contribution in [2.24, 2.45) is 0 Å². The standard InChI is InChI=1S/C15H33NO2/c1-3-4-5-6-7-8-9-10-11-16(12-14-17)13-15-18-2/h17H,3-15H2,1-2H3. The Kier molecular flexibility index (Phi) is 14.8. The molecule has 3 heteroatoms. The van der Waals surface area contributed by atoms with Gasteiger partial charge in [0.05, 0.1) is 13.2 Å². The maximum Gasteiger partial charge on any atom is 0.0589 e. The Hall–Kier alpha value is -0.120. The largest absolute Gasteiger partial charge is 0.395 e. The summed E-state index contributed by atoms with van der Waals surface area (Å²) < 4.78 is 5.08. The number of hydrogen-bond donors (Lipinski definition) is 1. The van der Waals surface area contributed by atoms with Crippen molar-refractivity contribution in [2.45, 2.75) is 58.3 Å². The minimum absolute atomic E-state index is 0.251. The van der Waals surface area contributed by atoms with Crippen molar-refractivity contribution in [3.8, 4) is 0 Å². The van der Waals surface area contributed by atoms with Gasteiger partial charge in [0.1, 0.15) is 0 Å². The third-order valence-corrected chi connectivity index (χ3v) is 3.36. The molecule has 0 bridgehead atoms. The van der Waals surface area contributed by atoms with Crippen LogP contribution >= 0.6 is 0 Å². The number of methoxy groups -OCH3 is 1. The first-order chi connectivity index (χ1) is 8.85. The average molecular weight is 259 g/mol. The molecule has 0 aliphatic rings. The van der Waals surface area contributed by atoms with Gasteiger partial charge in [0.2, 0.25) is 0 Å². The summed E-state index contributed by atoms with van der Waals surface area (Å²) in [6.07, 6.45) is 10.8. The lowest BCUT2D eigenvalue weighted by Gasteiger charge is -2.20. The normalized spacial score (nSPS) is 11.3. The zero-order valence-corrected chi connectivity index (χ0v) is 12.5. The fraction of sp³-hybridized carbons (Fsp3) is 1.00. The summed E-state index contributed by atoms with van der Waals surface area (Å²) in [5.74, 6) is 0. The van der Waals surface area contributed by atoms with Crippen LogP contribution in [0.25, 0.3) is 0 Å². The molecule has 0 aliphatic heterocycles. The molecule has 0 atom stereocenters. The van der Waals surface area contributed by atoms with E-state index in [9.17, 15) is 0 Å². The van der Waals surface area contributed by atoms with E-state index in [1.807, 2.05) is 0 Å². The Morgan fingerprint density at radius 2 is 1.44 bits per heavy atom. The van der Waals surface area contributed by atoms with Gasteiger partial charge < -0.3 is 9.84 Å². The maximum atomic E-state index is 8.98. The number of unbranched alkanes of at least 4 members (excludes halogenated alkanes) is 7. The van der Waals surface area contributed by atoms with Gasteiger partial charge in [0.15, 0.2) is 0 Å². The second kappa shape index (κ2) is 14.9. The SMILES string of the molecule is CCCCCCCCCCN(CCO)CCOC. The summed E-state index contributed by atoms with van der Waals surface area (Å²) in [5.41, 5.74) is 0. The van der Waals surface area contributed by atoms with Gasteiger partial charge in [0.25, 0.3) is 0 Å². The van der Waals surface area contributed by atoms with Crippen LogP contribution in [0.3, 0.4) is 0 Å². The second-order valence-corrected chi connectivity index (χ2v) is 5.03. The monoisotopic (exact) mass is 259 g/mol. The summed E-state index contributed by atoms with van der Waals surface area (Å²) in [7, 11) is 1.73. The Balaban J connectivity index is 3.31. The van der Waals surface area contributed by atoms with Crippen molar-refractivity contribution in [3.05, 3.63) is 0 Å². The van der Waals surface area contributed by atoms with Gasteiger partial charge in [-0.05, 0) is 13.0 Å². The van der Waals surface area contributed by atoms with E-state index in [1.165, 1.54) is 51.4 Å². The first kappa shape index (κ1) is 17.9. The minimum atomic E-state index is 0.251. The van der Waals surface area contributed by atoms with Crippen molar-refractivity contribution in [1.29, 1.82) is 0 Å². The van der Waals surface area contributed by atoms with Crippen molar-refractivity contribution < 1.29 is 9.84 Å². The Morgan fingerprint density at radius 1 is 0.833 bits per heavy atom. The van der Waals surface area contributed by atoms with Crippen LogP contribution < -0.4 is 0 Å². The topological polar surface area (TPSA) is 32.7 Å². The highest BCUT2D eigenvalue weighted by atomic mass is 16.5. The molecule has 0 fully saturated rings. The minimum Gasteiger partial charge on any atom is -0.395 e. The molecule has 0 aromatic rings. The van der Waals surface area contributed by atoms with Crippen LogP contribution in [0.2, 0.25) is 0 Å². The Labute approximate surface area is 114 Å². The molecule has 0 rings (SSSR count). The van der Waals surface area contributed by atoms with Gasteiger partial charge in [-0.3, -0.25) is 4.90 Å². The molecule has 0 aromatic heterocycles. The highest BCUT2D eigenvalue weighted by Gasteiger charge is 2.03. The average Bonchev–Trinajstić information content (AvgIpc) is 2.39. The van der Waals surface area contributed by atoms with E-state index in [0.29, 0.717) is 0 Å². The molecule has 0 amide bonds. The summed E-state index contributed by atoms with van der Waals surface area (Å²) in [6, 6.07) is 0. The van der Waals surface area contributed by atoms with Crippen molar-refractivity contribution in [1.82, 2.24) is 4.90 Å². The lowest BCUT2D eigenvalue weighted by atomic mass is 10.1. The summed E-state index contributed by atoms with van der Waals surface area (Å²) in [5, 5.41) is 8.98. The molecular weight excluding hydrogens is 226 g/mol. The van der Waals surface area contributed by atoms with Gasteiger partial charge in [-0.2, -0.15) is 0 Å². The van der Waals surface area contributed by atoms with Crippen molar-refractivity contribution >= 4 is 0 Å². The number of nitrogens with zero attached hydrogens (tertiary/aromatic N) is 1. The number of rotatable bonds is 14. The van der Waals surface area contributed by atoms with Gasteiger partial charge in [-0.15, -0.1) is 0 Å². The molecule has 0 aliphatic carbocycles. The molecule has 0 aromatic carbocycles. The summed E-state index contributed by atoms with van der Waals surface area (Å²) >= 11 is 0. The van der Waals surface area contributed by atoms with Crippen LogP contribution in [0.5, 0.6) is 0 Å². The molecule has 110 valence electrons. The Bertz CT molecular complexity index is 153. The number of aliphatic hydroxyl groups is 1. The van der Waals surface area contributed by atoms with Crippen LogP contribution in [-0.2, 0) is 4.74 Å². The Morgan fingerprint density at radius 3 is 2.00 bits per heavy atom. The van der Waals surface area contributed by atoms with E-state index in [4.69, 9.17) is 9.84 Å². The zero-order valence-electron chi connectivity index (χ0n) is 12.5. The molecule has 0 spiro atoms. The first-order valence-electron chi connectivity index (χ1n) is 7.67. The van der Waals surface area contributed by atoms with Crippen LogP contribution in [0, 0.1) is 0 Å². The molecule has 0 heterocycles. The first-order valence-corrected chi connectivity index (χ1v) is 7.67. The zero-order chi connectivity index (χ0) is 13.5. The lowest BCUT2D eigenvalue weighted by molar-refractivity contribution is 0.129. The van der Waals surface area contributed by atoms with E-state index in [2.05, 4.69) is 11.8 Å². The summed E-state index contributed by atoms with van der Waals surface area (Å²) in [4.78, 5) is 2.29. The van der Waals surface area contributed by atoms with E-state index in [0.717, 1.165) is 26.2 Å². The van der Waals surface area contributed by atoms with E-state index < -0.39 is 0 Å². The van der Waals surface area contributed by atoms with Gasteiger partial charge in [0, 0.05) is 20.2 Å². The van der Waals surface area contributed by atoms with Gasteiger partial charge in [-0.1, -0.05) is 51.9 Å². The van der Waals surface area contributed by atoms with Crippen LogP contribution in [0.4, 0.5) is 0 Å². The molecule has 3 nitrogen and oxygen atoms in total. The molecule has 0 radical (unpaired) electrons. The maximum absolute atomic E-state index is 8.98. The number of aliphatic hydroxyl groups excluding tert-OH is 1. The third kappa shape index (κ3) is 12.3.